The molecule has 0 unspecified atom stereocenters. The number of benzene rings is 1. The lowest BCUT2D eigenvalue weighted by Crippen LogP contribution is -2.47. The fourth-order valence-corrected chi connectivity index (χ4v) is 2.39. The molecule has 1 heterocycles. The second kappa shape index (κ2) is 5.53. The Balaban J connectivity index is 2.30. The summed E-state index contributed by atoms with van der Waals surface area (Å²) in [6.45, 7) is 4.77. The summed E-state index contributed by atoms with van der Waals surface area (Å²) < 4.78 is 0. The maximum absolute atomic E-state index is 12.5. The van der Waals surface area contributed by atoms with Crippen LogP contribution in [-0.4, -0.2) is 18.5 Å². The fourth-order valence-electron chi connectivity index (χ4n) is 2.39. The molecule has 3 nitrogen and oxygen atoms in total. The highest BCUT2D eigenvalue weighted by molar-refractivity contribution is 5.98. The highest BCUT2D eigenvalue weighted by Gasteiger charge is 2.26. The predicted octanol–water partition coefficient (Wildman–Crippen LogP) is 2.34. The SMILES string of the molecule is CC(C)[C@@H](N)C(=O)N1CCCCc2ccccc21. The summed E-state index contributed by atoms with van der Waals surface area (Å²) in [5.74, 6) is 0.229. The van der Waals surface area contributed by atoms with Crippen molar-refractivity contribution in [3.05, 3.63) is 29.8 Å². The third kappa shape index (κ3) is 2.56. The minimum Gasteiger partial charge on any atom is -0.320 e. The van der Waals surface area contributed by atoms with Crippen LogP contribution in [0.5, 0.6) is 0 Å². The molecule has 18 heavy (non-hydrogen) atoms. The number of hydrogen-bond donors (Lipinski definition) is 1. The lowest BCUT2D eigenvalue weighted by atomic mass is 10.0. The number of carbonyl (C=O) groups excluding carboxylic acids is 1. The van der Waals surface area contributed by atoms with Crippen molar-refractivity contribution in [1.82, 2.24) is 0 Å². The molecule has 1 aliphatic rings. The third-order valence-corrected chi connectivity index (χ3v) is 3.63. The van der Waals surface area contributed by atoms with Crippen molar-refractivity contribution in [3.8, 4) is 0 Å². The van der Waals surface area contributed by atoms with Crippen LogP contribution in [0.4, 0.5) is 5.69 Å². The number of nitrogens with two attached hydrogens (primary N) is 1. The van der Waals surface area contributed by atoms with E-state index in [0.717, 1.165) is 31.5 Å². The number of amides is 1. The number of fused-ring (bicyclic) bond motifs is 1. The van der Waals surface area contributed by atoms with Gasteiger partial charge in [0.25, 0.3) is 0 Å². The number of para-hydroxylation sites is 1. The smallest absolute Gasteiger partial charge is 0.244 e. The zero-order chi connectivity index (χ0) is 13.1. The van der Waals surface area contributed by atoms with Gasteiger partial charge in [-0.15, -0.1) is 0 Å². The Morgan fingerprint density at radius 3 is 2.72 bits per heavy atom. The Hall–Kier alpha value is -1.35. The van der Waals surface area contributed by atoms with E-state index < -0.39 is 6.04 Å². The summed E-state index contributed by atoms with van der Waals surface area (Å²) >= 11 is 0. The van der Waals surface area contributed by atoms with Gasteiger partial charge in [-0.05, 0) is 36.8 Å². The molecule has 0 aliphatic carbocycles. The topological polar surface area (TPSA) is 46.3 Å². The zero-order valence-electron chi connectivity index (χ0n) is 11.2. The molecule has 0 aromatic heterocycles. The standard InChI is InChI=1S/C15H22N2O/c1-11(2)14(16)15(18)17-10-6-5-8-12-7-3-4-9-13(12)17/h3-4,7,9,11,14H,5-6,8,10,16H2,1-2H3/t14-/m1/s1. The van der Waals surface area contributed by atoms with Crippen molar-refractivity contribution in [2.45, 2.75) is 39.2 Å². The van der Waals surface area contributed by atoms with Gasteiger partial charge >= 0.3 is 0 Å². The van der Waals surface area contributed by atoms with Crippen LogP contribution in [0.3, 0.4) is 0 Å². The van der Waals surface area contributed by atoms with Gasteiger partial charge in [0.05, 0.1) is 6.04 Å². The molecule has 98 valence electrons. The third-order valence-electron chi connectivity index (χ3n) is 3.63. The average Bonchev–Trinajstić information content (AvgIpc) is 2.59. The van der Waals surface area contributed by atoms with E-state index >= 15 is 0 Å². The molecule has 0 fully saturated rings. The molecule has 1 aromatic rings. The minimum atomic E-state index is -0.406. The van der Waals surface area contributed by atoms with E-state index in [1.165, 1.54) is 5.56 Å². The number of hydrogen-bond acceptors (Lipinski definition) is 2. The molecular formula is C15H22N2O. The first-order valence-corrected chi connectivity index (χ1v) is 6.76. The molecule has 0 radical (unpaired) electrons. The highest BCUT2D eigenvalue weighted by Crippen LogP contribution is 2.26. The monoisotopic (exact) mass is 246 g/mol. The summed E-state index contributed by atoms with van der Waals surface area (Å²) in [6.07, 6.45) is 3.24. The molecule has 2 N–H and O–H groups in total. The Labute approximate surface area is 109 Å². The molecule has 0 saturated heterocycles. The van der Waals surface area contributed by atoms with Crippen LogP contribution in [-0.2, 0) is 11.2 Å². The van der Waals surface area contributed by atoms with Crippen LogP contribution in [0.15, 0.2) is 24.3 Å². The van der Waals surface area contributed by atoms with Gasteiger partial charge in [-0.1, -0.05) is 32.0 Å². The van der Waals surface area contributed by atoms with Crippen LogP contribution < -0.4 is 10.6 Å². The summed E-state index contributed by atoms with van der Waals surface area (Å²) in [4.78, 5) is 14.3. The maximum Gasteiger partial charge on any atom is 0.244 e. The summed E-state index contributed by atoms with van der Waals surface area (Å²) in [7, 11) is 0. The Morgan fingerprint density at radius 1 is 1.28 bits per heavy atom. The number of carbonyl (C=O) groups is 1. The van der Waals surface area contributed by atoms with Gasteiger partial charge in [0, 0.05) is 12.2 Å². The van der Waals surface area contributed by atoms with Gasteiger partial charge < -0.3 is 10.6 Å². The highest BCUT2D eigenvalue weighted by atomic mass is 16.2. The van der Waals surface area contributed by atoms with Crippen molar-refractivity contribution >= 4 is 11.6 Å². The van der Waals surface area contributed by atoms with Crippen LogP contribution >= 0.6 is 0 Å². The van der Waals surface area contributed by atoms with E-state index in [9.17, 15) is 4.79 Å². The van der Waals surface area contributed by atoms with Crippen molar-refractivity contribution < 1.29 is 4.79 Å². The quantitative estimate of drug-likeness (QED) is 0.870. The van der Waals surface area contributed by atoms with E-state index in [-0.39, 0.29) is 11.8 Å². The van der Waals surface area contributed by atoms with Gasteiger partial charge in [-0.25, -0.2) is 0 Å². The van der Waals surface area contributed by atoms with Crippen molar-refractivity contribution in [2.24, 2.45) is 11.7 Å². The summed E-state index contributed by atoms with van der Waals surface area (Å²) in [6, 6.07) is 7.77. The normalized spacial score (nSPS) is 17.2. The van der Waals surface area contributed by atoms with Crippen LogP contribution in [0, 0.1) is 5.92 Å². The van der Waals surface area contributed by atoms with Gasteiger partial charge in [-0.2, -0.15) is 0 Å². The Morgan fingerprint density at radius 2 is 2.00 bits per heavy atom. The molecule has 0 saturated carbocycles. The molecule has 1 aromatic carbocycles. The van der Waals surface area contributed by atoms with Gasteiger partial charge in [0.2, 0.25) is 5.91 Å². The molecule has 3 heteroatoms. The first-order chi connectivity index (χ1) is 8.61. The molecule has 1 aliphatic heterocycles. The second-order valence-corrected chi connectivity index (χ2v) is 5.35. The van der Waals surface area contributed by atoms with E-state index in [4.69, 9.17) is 5.73 Å². The average molecular weight is 246 g/mol. The summed E-state index contributed by atoms with van der Waals surface area (Å²) in [5.41, 5.74) is 8.32. The van der Waals surface area contributed by atoms with Crippen molar-refractivity contribution in [2.75, 3.05) is 11.4 Å². The van der Waals surface area contributed by atoms with Gasteiger partial charge in [0.1, 0.15) is 0 Å². The largest absolute Gasteiger partial charge is 0.320 e. The first kappa shape index (κ1) is 13.1. The van der Waals surface area contributed by atoms with Crippen molar-refractivity contribution in [3.63, 3.8) is 0 Å². The van der Waals surface area contributed by atoms with E-state index in [2.05, 4.69) is 6.07 Å². The van der Waals surface area contributed by atoms with Crippen molar-refractivity contribution in [1.29, 1.82) is 0 Å². The minimum absolute atomic E-state index is 0.0550. The number of rotatable bonds is 2. The Bertz CT molecular complexity index is 428. The predicted molar refractivity (Wildman–Crippen MR) is 74.5 cm³/mol. The van der Waals surface area contributed by atoms with Crippen LogP contribution in [0.25, 0.3) is 0 Å². The van der Waals surface area contributed by atoms with Gasteiger partial charge in [-0.3, -0.25) is 4.79 Å². The number of nitrogens with zero attached hydrogens (tertiary/aromatic N) is 1. The molecule has 1 atom stereocenters. The second-order valence-electron chi connectivity index (χ2n) is 5.35. The molecule has 0 spiro atoms. The van der Waals surface area contributed by atoms with Gasteiger partial charge in [0.15, 0.2) is 0 Å². The molecule has 0 bridgehead atoms. The maximum atomic E-state index is 12.5. The molecular weight excluding hydrogens is 224 g/mol. The fraction of sp³-hybridized carbons (Fsp3) is 0.533. The van der Waals surface area contributed by atoms with Crippen LogP contribution in [0.2, 0.25) is 0 Å². The van der Waals surface area contributed by atoms with E-state index in [1.54, 1.807) is 0 Å². The zero-order valence-corrected chi connectivity index (χ0v) is 11.2. The lowest BCUT2D eigenvalue weighted by molar-refractivity contribution is -0.120. The Kier molecular flexibility index (Phi) is 4.02. The van der Waals surface area contributed by atoms with E-state index in [0.29, 0.717) is 0 Å². The number of aryl methyl sites for hydroxylation is 1. The number of anilines is 1. The van der Waals surface area contributed by atoms with E-state index in [1.807, 2.05) is 36.9 Å². The molecule has 2 rings (SSSR count). The van der Waals surface area contributed by atoms with Crippen LogP contribution in [0.1, 0.15) is 32.3 Å². The summed E-state index contributed by atoms with van der Waals surface area (Å²) in [5, 5.41) is 0. The molecule has 1 amide bonds. The first-order valence-electron chi connectivity index (χ1n) is 6.76. The lowest BCUT2D eigenvalue weighted by Gasteiger charge is -2.27.